The van der Waals surface area contributed by atoms with Gasteiger partial charge in [-0.3, -0.25) is 0 Å². The van der Waals surface area contributed by atoms with Crippen molar-refractivity contribution in [3.63, 3.8) is 0 Å². The molecule has 0 aromatic rings. The molecule has 0 rings (SSSR count). The minimum Gasteiger partial charge on any atom is -0.547 e. The number of carbonyl (C=O) groups is 3. The van der Waals surface area contributed by atoms with Gasteiger partial charge in [0.2, 0.25) is 0 Å². The van der Waals surface area contributed by atoms with Crippen molar-refractivity contribution in [3.8, 4) is 0 Å². The summed E-state index contributed by atoms with van der Waals surface area (Å²) in [5.41, 5.74) is 0. The van der Waals surface area contributed by atoms with Crippen LogP contribution < -0.4 is 15.3 Å². The summed E-state index contributed by atoms with van der Waals surface area (Å²) in [6, 6.07) is 0. The van der Waals surface area contributed by atoms with E-state index >= 15 is 0 Å². The largest absolute Gasteiger partial charge is 3.00 e. The van der Waals surface area contributed by atoms with Crippen LogP contribution >= 0.6 is 0 Å². The van der Waals surface area contributed by atoms with Crippen molar-refractivity contribution in [2.45, 2.75) is 39.1 Å². The second-order valence-corrected chi connectivity index (χ2v) is 2.99. The normalized spacial score (nSPS) is 12.9. The third-order valence-electron chi connectivity index (χ3n) is 1.02. The number of carboxylic acid groups (broad SMARTS) is 3. The molecular formula is C9H15O9V. The van der Waals surface area contributed by atoms with Gasteiger partial charge < -0.3 is 45.0 Å². The van der Waals surface area contributed by atoms with Gasteiger partial charge in [-0.1, -0.05) is 0 Å². The summed E-state index contributed by atoms with van der Waals surface area (Å²) in [7, 11) is 0. The van der Waals surface area contributed by atoms with Crippen molar-refractivity contribution in [2.75, 3.05) is 0 Å². The topological polar surface area (TPSA) is 181 Å². The molecule has 0 radical (unpaired) electrons. The van der Waals surface area contributed by atoms with E-state index in [0.29, 0.717) is 0 Å². The van der Waals surface area contributed by atoms with Gasteiger partial charge in [0.1, 0.15) is 0 Å². The molecular weight excluding hydrogens is 303 g/mol. The average molecular weight is 318 g/mol. The van der Waals surface area contributed by atoms with Crippen LogP contribution in [0.3, 0.4) is 0 Å². The Labute approximate surface area is 121 Å². The van der Waals surface area contributed by atoms with Crippen molar-refractivity contribution in [3.05, 3.63) is 0 Å². The van der Waals surface area contributed by atoms with E-state index in [1.54, 1.807) is 0 Å². The van der Waals surface area contributed by atoms with E-state index in [4.69, 9.17) is 15.3 Å². The summed E-state index contributed by atoms with van der Waals surface area (Å²) < 4.78 is 0. The van der Waals surface area contributed by atoms with Gasteiger partial charge in [0.15, 0.2) is 0 Å². The van der Waals surface area contributed by atoms with Gasteiger partial charge in [0, 0.05) is 0 Å². The summed E-state index contributed by atoms with van der Waals surface area (Å²) in [5.74, 6) is -4.31. The molecule has 3 atom stereocenters. The number of aliphatic hydroxyl groups excluding tert-OH is 3. The molecule has 0 heterocycles. The van der Waals surface area contributed by atoms with E-state index in [9.17, 15) is 29.7 Å². The van der Waals surface area contributed by atoms with E-state index < -0.39 is 36.2 Å². The Balaban J connectivity index is -0.0000000865. The van der Waals surface area contributed by atoms with Gasteiger partial charge >= 0.3 is 18.6 Å². The van der Waals surface area contributed by atoms with E-state index in [-0.39, 0.29) is 18.6 Å². The van der Waals surface area contributed by atoms with E-state index in [1.165, 1.54) is 0 Å². The first-order valence-electron chi connectivity index (χ1n) is 4.60. The maximum absolute atomic E-state index is 9.34. The van der Waals surface area contributed by atoms with Crippen molar-refractivity contribution >= 4 is 17.9 Å². The Kier molecular flexibility index (Phi) is 20.8. The number of carboxylic acids is 3. The summed E-state index contributed by atoms with van der Waals surface area (Å²) in [6.07, 6.45) is -4.03. The van der Waals surface area contributed by atoms with Gasteiger partial charge in [0.25, 0.3) is 0 Å². The van der Waals surface area contributed by atoms with Crippen LogP contribution in [0.15, 0.2) is 0 Å². The van der Waals surface area contributed by atoms with Gasteiger partial charge in [-0.2, -0.15) is 0 Å². The molecule has 0 amide bonds. The molecule has 9 nitrogen and oxygen atoms in total. The van der Waals surface area contributed by atoms with Gasteiger partial charge in [-0.25, -0.2) is 0 Å². The molecule has 19 heavy (non-hydrogen) atoms. The van der Waals surface area contributed by atoms with E-state index in [1.807, 2.05) is 0 Å². The van der Waals surface area contributed by atoms with Crippen molar-refractivity contribution in [1.82, 2.24) is 0 Å². The zero-order chi connectivity index (χ0) is 15.5. The van der Waals surface area contributed by atoms with Crippen LogP contribution in [0.1, 0.15) is 20.8 Å². The van der Waals surface area contributed by atoms with Crippen molar-refractivity contribution in [1.29, 1.82) is 0 Å². The third kappa shape index (κ3) is 31.6. The molecule has 0 aliphatic carbocycles. The van der Waals surface area contributed by atoms with Crippen LogP contribution in [-0.4, -0.2) is 51.5 Å². The Morgan fingerprint density at radius 3 is 0.737 bits per heavy atom. The molecule has 0 aliphatic heterocycles. The molecule has 0 aromatic carbocycles. The molecule has 0 saturated heterocycles. The smallest absolute Gasteiger partial charge is 0.547 e. The van der Waals surface area contributed by atoms with Crippen LogP contribution in [0.4, 0.5) is 0 Å². The fourth-order valence-corrected chi connectivity index (χ4v) is 0. The predicted molar refractivity (Wildman–Crippen MR) is 50.1 cm³/mol. The fourth-order valence-electron chi connectivity index (χ4n) is 0. The number of aliphatic hydroxyl groups is 3. The first kappa shape index (κ1) is 26.4. The zero-order valence-corrected chi connectivity index (χ0v) is 11.9. The molecule has 10 heteroatoms. The first-order valence-corrected chi connectivity index (χ1v) is 4.60. The number of hydrogen-bond donors (Lipinski definition) is 3. The number of rotatable bonds is 3. The monoisotopic (exact) mass is 318 g/mol. The molecule has 110 valence electrons. The summed E-state index contributed by atoms with van der Waals surface area (Å²) in [4.78, 5) is 28.0. The average Bonchev–Trinajstić information content (AvgIpc) is 2.18. The Bertz CT molecular complexity index is 220. The molecule has 0 aliphatic rings. The Hall–Kier alpha value is -1.13. The number of aliphatic carboxylic acids is 3. The molecule has 3 unspecified atom stereocenters. The summed E-state index contributed by atoms with van der Waals surface area (Å²) >= 11 is 0. The van der Waals surface area contributed by atoms with Crippen molar-refractivity contribution < 1.29 is 63.6 Å². The predicted octanol–water partition coefficient (Wildman–Crippen LogP) is -5.65. The molecule has 0 saturated carbocycles. The van der Waals surface area contributed by atoms with Gasteiger partial charge in [-0.15, -0.1) is 0 Å². The summed E-state index contributed by atoms with van der Waals surface area (Å²) in [6.45, 7) is 3.40. The first-order chi connectivity index (χ1) is 7.93. The van der Waals surface area contributed by atoms with Crippen LogP contribution in [0.5, 0.6) is 0 Å². The van der Waals surface area contributed by atoms with Gasteiger partial charge in [0.05, 0.1) is 36.2 Å². The van der Waals surface area contributed by atoms with E-state index in [0.717, 1.165) is 20.8 Å². The van der Waals surface area contributed by atoms with Crippen molar-refractivity contribution in [2.24, 2.45) is 0 Å². The molecule has 3 N–H and O–H groups in total. The van der Waals surface area contributed by atoms with Gasteiger partial charge in [-0.05, 0) is 20.8 Å². The van der Waals surface area contributed by atoms with Crippen LogP contribution in [-0.2, 0) is 32.9 Å². The second-order valence-electron chi connectivity index (χ2n) is 2.99. The van der Waals surface area contributed by atoms with Crippen LogP contribution in [0, 0.1) is 0 Å². The fraction of sp³-hybridized carbons (Fsp3) is 0.667. The zero-order valence-electron chi connectivity index (χ0n) is 10.5. The van der Waals surface area contributed by atoms with E-state index in [2.05, 4.69) is 0 Å². The maximum atomic E-state index is 9.34. The third-order valence-corrected chi connectivity index (χ3v) is 1.02. The Morgan fingerprint density at radius 2 is 0.737 bits per heavy atom. The SMILES string of the molecule is CC(O)C(=O)[O-].CC(O)C(=O)[O-].CC(O)C(=O)[O-].[V+3]. The van der Waals surface area contributed by atoms with Crippen LogP contribution in [0.2, 0.25) is 0 Å². The standard InChI is InChI=1S/3C3H6O3.V/c3*1-2(4)3(5)6;/h3*2,4H,1H3,(H,5,6);/q;;;+3/p-3. The minimum absolute atomic E-state index is 0. The van der Waals surface area contributed by atoms with Crippen LogP contribution in [0.25, 0.3) is 0 Å². The second kappa shape index (κ2) is 14.9. The molecule has 0 bridgehead atoms. The molecule has 0 aromatic heterocycles. The quantitative estimate of drug-likeness (QED) is 0.456. The number of carbonyl (C=O) groups excluding carboxylic acids is 3. The molecule has 0 fully saturated rings. The Morgan fingerprint density at radius 1 is 0.684 bits per heavy atom. The molecule has 0 spiro atoms. The minimum atomic E-state index is -1.44. The summed E-state index contributed by atoms with van der Waals surface area (Å²) in [5, 5.41) is 51.9. The number of hydrogen-bond acceptors (Lipinski definition) is 9. The maximum Gasteiger partial charge on any atom is 3.00 e.